The molecule has 2 nitrogen and oxygen atoms in total. The Balaban J connectivity index is 1.99. The molecule has 0 unspecified atom stereocenters. The molecule has 3 heteroatoms. The lowest BCUT2D eigenvalue weighted by Gasteiger charge is -2.25. The third-order valence-electron chi connectivity index (χ3n) is 4.00. The SMILES string of the molecule is O=C(O)[C@H]1[C@H](c2ccc(Cl)cc2)[C@H]2C=C[C@@H]1C2. The van der Waals surface area contributed by atoms with Crippen molar-refractivity contribution in [2.75, 3.05) is 0 Å². The quantitative estimate of drug-likeness (QED) is 0.815. The molecule has 4 atom stereocenters. The van der Waals surface area contributed by atoms with Crippen LogP contribution in [0.3, 0.4) is 0 Å². The molecular weight excluding hydrogens is 236 g/mol. The van der Waals surface area contributed by atoms with E-state index in [2.05, 4.69) is 12.2 Å². The van der Waals surface area contributed by atoms with E-state index in [1.54, 1.807) is 0 Å². The number of fused-ring (bicyclic) bond motifs is 2. The van der Waals surface area contributed by atoms with Crippen LogP contribution in [0.2, 0.25) is 5.02 Å². The molecule has 1 N–H and O–H groups in total. The predicted molar refractivity (Wildman–Crippen MR) is 66.1 cm³/mol. The molecule has 17 heavy (non-hydrogen) atoms. The van der Waals surface area contributed by atoms with Crippen molar-refractivity contribution in [2.45, 2.75) is 12.3 Å². The summed E-state index contributed by atoms with van der Waals surface area (Å²) in [4.78, 5) is 11.4. The van der Waals surface area contributed by atoms with Crippen molar-refractivity contribution in [3.05, 3.63) is 47.0 Å². The van der Waals surface area contributed by atoms with Crippen LogP contribution in [0, 0.1) is 17.8 Å². The van der Waals surface area contributed by atoms with Crippen LogP contribution in [0.5, 0.6) is 0 Å². The van der Waals surface area contributed by atoms with E-state index in [0.717, 1.165) is 12.0 Å². The molecule has 0 aromatic heterocycles. The first-order valence-corrected chi connectivity index (χ1v) is 6.21. The van der Waals surface area contributed by atoms with Crippen LogP contribution < -0.4 is 0 Å². The highest BCUT2D eigenvalue weighted by Crippen LogP contribution is 2.53. The summed E-state index contributed by atoms with van der Waals surface area (Å²) in [6.07, 6.45) is 5.21. The minimum atomic E-state index is -0.679. The highest BCUT2D eigenvalue weighted by molar-refractivity contribution is 6.30. The average Bonchev–Trinajstić information content (AvgIpc) is 2.89. The van der Waals surface area contributed by atoms with E-state index in [1.165, 1.54) is 0 Å². The van der Waals surface area contributed by atoms with E-state index in [0.29, 0.717) is 10.9 Å². The molecule has 1 aromatic rings. The molecule has 88 valence electrons. The van der Waals surface area contributed by atoms with Crippen molar-refractivity contribution >= 4 is 17.6 Å². The molecule has 1 aromatic carbocycles. The third-order valence-corrected chi connectivity index (χ3v) is 4.25. The van der Waals surface area contributed by atoms with Gasteiger partial charge in [-0.25, -0.2) is 0 Å². The van der Waals surface area contributed by atoms with Crippen molar-refractivity contribution in [3.63, 3.8) is 0 Å². The Morgan fingerprint density at radius 2 is 1.82 bits per heavy atom. The smallest absolute Gasteiger partial charge is 0.307 e. The van der Waals surface area contributed by atoms with Crippen LogP contribution >= 0.6 is 11.6 Å². The number of carbonyl (C=O) groups is 1. The zero-order valence-electron chi connectivity index (χ0n) is 9.21. The van der Waals surface area contributed by atoms with Gasteiger partial charge >= 0.3 is 5.97 Å². The first-order valence-electron chi connectivity index (χ1n) is 5.83. The van der Waals surface area contributed by atoms with Gasteiger partial charge in [0.25, 0.3) is 0 Å². The zero-order chi connectivity index (χ0) is 12.0. The Morgan fingerprint density at radius 3 is 2.47 bits per heavy atom. The summed E-state index contributed by atoms with van der Waals surface area (Å²) in [5.74, 6) is -0.256. The first-order chi connectivity index (χ1) is 8.16. The van der Waals surface area contributed by atoms with E-state index >= 15 is 0 Å². The van der Waals surface area contributed by atoms with Gasteiger partial charge in [-0.2, -0.15) is 0 Å². The molecule has 1 fully saturated rings. The van der Waals surface area contributed by atoms with E-state index in [1.807, 2.05) is 24.3 Å². The molecule has 0 saturated heterocycles. The van der Waals surface area contributed by atoms with Gasteiger partial charge in [0.15, 0.2) is 0 Å². The van der Waals surface area contributed by atoms with Crippen LogP contribution in [0.25, 0.3) is 0 Å². The second-order valence-corrected chi connectivity index (χ2v) is 5.33. The van der Waals surface area contributed by atoms with Crippen LogP contribution in [0.1, 0.15) is 17.9 Å². The number of benzene rings is 1. The fraction of sp³-hybridized carbons (Fsp3) is 0.357. The van der Waals surface area contributed by atoms with Gasteiger partial charge in [-0.1, -0.05) is 35.9 Å². The summed E-state index contributed by atoms with van der Waals surface area (Å²) in [6.45, 7) is 0. The summed E-state index contributed by atoms with van der Waals surface area (Å²) in [5.41, 5.74) is 1.10. The van der Waals surface area contributed by atoms with Crippen LogP contribution in [0.4, 0.5) is 0 Å². The molecule has 1 saturated carbocycles. The number of halogens is 1. The minimum Gasteiger partial charge on any atom is -0.481 e. The van der Waals surface area contributed by atoms with E-state index in [-0.39, 0.29) is 17.8 Å². The van der Waals surface area contributed by atoms with E-state index in [9.17, 15) is 9.90 Å². The summed E-state index contributed by atoms with van der Waals surface area (Å²) >= 11 is 5.87. The van der Waals surface area contributed by atoms with Gasteiger partial charge in [-0.15, -0.1) is 0 Å². The maximum absolute atomic E-state index is 11.4. The predicted octanol–water partition coefficient (Wildman–Crippen LogP) is 3.33. The van der Waals surface area contributed by atoms with Gasteiger partial charge < -0.3 is 5.11 Å². The highest BCUT2D eigenvalue weighted by Gasteiger charge is 2.48. The minimum absolute atomic E-state index is 0.111. The standard InChI is InChI=1S/C14H13ClO2/c15-11-5-3-8(4-6-11)12-9-1-2-10(7-9)13(12)14(16)17/h1-6,9-10,12-13H,7H2,(H,16,17)/t9-,10+,12+,13+/m0/s1. The first kappa shape index (κ1) is 10.8. The zero-order valence-corrected chi connectivity index (χ0v) is 9.97. The van der Waals surface area contributed by atoms with Gasteiger partial charge in [0, 0.05) is 10.9 Å². The molecule has 2 bridgehead atoms. The largest absolute Gasteiger partial charge is 0.481 e. The Kier molecular flexibility index (Phi) is 2.48. The summed E-state index contributed by atoms with van der Waals surface area (Å²) in [6, 6.07) is 7.59. The summed E-state index contributed by atoms with van der Waals surface area (Å²) in [5, 5.41) is 10.1. The molecule has 0 amide bonds. The third kappa shape index (κ3) is 1.67. The molecule has 2 aliphatic carbocycles. The van der Waals surface area contributed by atoms with Gasteiger partial charge in [-0.3, -0.25) is 4.79 Å². The monoisotopic (exact) mass is 248 g/mol. The molecule has 3 rings (SSSR count). The number of rotatable bonds is 2. The van der Waals surface area contributed by atoms with Gasteiger partial charge in [0.2, 0.25) is 0 Å². The number of carboxylic acid groups (broad SMARTS) is 1. The lowest BCUT2D eigenvalue weighted by Crippen LogP contribution is -2.25. The molecule has 0 heterocycles. The maximum Gasteiger partial charge on any atom is 0.307 e. The molecule has 0 aliphatic heterocycles. The van der Waals surface area contributed by atoms with Crippen molar-refractivity contribution in [2.24, 2.45) is 17.8 Å². The highest BCUT2D eigenvalue weighted by atomic mass is 35.5. The second kappa shape index (κ2) is 3.88. The Hall–Kier alpha value is -1.28. The lowest BCUT2D eigenvalue weighted by atomic mass is 9.78. The summed E-state index contributed by atoms with van der Waals surface area (Å²) in [7, 11) is 0. The number of allylic oxidation sites excluding steroid dienone is 2. The Bertz CT molecular complexity index is 478. The fourth-order valence-electron chi connectivity index (χ4n) is 3.30. The van der Waals surface area contributed by atoms with Crippen LogP contribution in [-0.2, 0) is 4.79 Å². The molecule has 0 radical (unpaired) electrons. The van der Waals surface area contributed by atoms with Crippen molar-refractivity contribution in [1.82, 2.24) is 0 Å². The van der Waals surface area contributed by atoms with Crippen LogP contribution in [0.15, 0.2) is 36.4 Å². The molecule has 2 aliphatic rings. The second-order valence-electron chi connectivity index (χ2n) is 4.89. The van der Waals surface area contributed by atoms with Gasteiger partial charge in [0.1, 0.15) is 0 Å². The van der Waals surface area contributed by atoms with Crippen molar-refractivity contribution < 1.29 is 9.90 Å². The van der Waals surface area contributed by atoms with Gasteiger partial charge in [-0.05, 0) is 36.0 Å². The number of hydrogen-bond donors (Lipinski definition) is 1. The van der Waals surface area contributed by atoms with Crippen molar-refractivity contribution in [3.8, 4) is 0 Å². The van der Waals surface area contributed by atoms with E-state index in [4.69, 9.17) is 11.6 Å². The summed E-state index contributed by atoms with van der Waals surface area (Å²) < 4.78 is 0. The molecular formula is C14H13ClO2. The maximum atomic E-state index is 11.4. The number of hydrogen-bond acceptors (Lipinski definition) is 1. The Labute approximate surface area is 105 Å². The lowest BCUT2D eigenvalue weighted by molar-refractivity contribution is -0.143. The van der Waals surface area contributed by atoms with Crippen LogP contribution in [-0.4, -0.2) is 11.1 Å². The number of carboxylic acids is 1. The number of aliphatic carboxylic acids is 1. The Morgan fingerprint density at radius 1 is 1.18 bits per heavy atom. The molecule has 0 spiro atoms. The average molecular weight is 249 g/mol. The van der Waals surface area contributed by atoms with Gasteiger partial charge in [0.05, 0.1) is 5.92 Å². The normalized spacial score (nSPS) is 34.2. The van der Waals surface area contributed by atoms with E-state index < -0.39 is 5.97 Å². The van der Waals surface area contributed by atoms with Crippen molar-refractivity contribution in [1.29, 1.82) is 0 Å². The fourth-order valence-corrected chi connectivity index (χ4v) is 3.42. The topological polar surface area (TPSA) is 37.3 Å².